The highest BCUT2D eigenvalue weighted by Crippen LogP contribution is 2.30. The summed E-state index contributed by atoms with van der Waals surface area (Å²) in [5.74, 6) is 1.49. The lowest BCUT2D eigenvalue weighted by atomic mass is 10.0. The summed E-state index contributed by atoms with van der Waals surface area (Å²) < 4.78 is 10.4. The van der Waals surface area contributed by atoms with Gasteiger partial charge < -0.3 is 9.47 Å². The van der Waals surface area contributed by atoms with E-state index in [0.717, 1.165) is 23.5 Å². The molecule has 0 atom stereocenters. The predicted molar refractivity (Wildman–Crippen MR) is 63.2 cm³/mol. The van der Waals surface area contributed by atoms with Crippen LogP contribution in [0.5, 0.6) is 11.5 Å². The molecule has 0 saturated heterocycles. The van der Waals surface area contributed by atoms with Gasteiger partial charge in [-0.05, 0) is 38.0 Å². The van der Waals surface area contributed by atoms with Crippen molar-refractivity contribution in [2.24, 2.45) is 0 Å². The Morgan fingerprint density at radius 3 is 2.20 bits per heavy atom. The van der Waals surface area contributed by atoms with Gasteiger partial charge >= 0.3 is 0 Å². The van der Waals surface area contributed by atoms with E-state index < -0.39 is 0 Å². The summed E-state index contributed by atoms with van der Waals surface area (Å²) in [4.78, 5) is -0.237. The summed E-state index contributed by atoms with van der Waals surface area (Å²) in [7, 11) is 3.26. The van der Waals surface area contributed by atoms with Gasteiger partial charge in [0.2, 0.25) is 0 Å². The molecule has 0 fully saturated rings. The predicted octanol–water partition coefficient (Wildman–Crippen LogP) is 3.26. The van der Waals surface area contributed by atoms with Crippen molar-refractivity contribution < 1.29 is 9.47 Å². The Hall–Kier alpha value is -0.890. The molecule has 0 aliphatic heterocycles. The van der Waals surface area contributed by atoms with Crippen molar-refractivity contribution in [3.05, 3.63) is 23.8 Å². The first-order valence-electron chi connectivity index (χ1n) is 4.86. The summed E-state index contributed by atoms with van der Waals surface area (Å²) in [5, 5.41) is 0. The Bertz CT molecular complexity index is 329. The molecule has 1 rings (SSSR count). The molecule has 2 nitrogen and oxygen atoms in total. The summed E-state index contributed by atoms with van der Waals surface area (Å²) in [6.45, 7) is 3.98. The van der Waals surface area contributed by atoms with Crippen LogP contribution in [0.1, 0.15) is 19.4 Å². The van der Waals surface area contributed by atoms with E-state index in [1.165, 1.54) is 0 Å². The smallest absolute Gasteiger partial charge is 0.160 e. The number of ether oxygens (including phenoxy) is 2. The Morgan fingerprint density at radius 2 is 1.73 bits per heavy atom. The van der Waals surface area contributed by atoms with Crippen molar-refractivity contribution >= 4 is 11.6 Å². The Labute approximate surface area is 96.2 Å². The van der Waals surface area contributed by atoms with Crippen LogP contribution in [0.4, 0.5) is 0 Å². The molecule has 15 heavy (non-hydrogen) atoms. The molecule has 0 aliphatic carbocycles. The maximum absolute atomic E-state index is 6.16. The molecule has 84 valence electrons. The standard InChI is InChI=1S/C12H17ClO2/c1-12(2,13)8-9-5-6-10(14-3)11(7-9)15-4/h5-7H,8H2,1-4H3. The monoisotopic (exact) mass is 228 g/mol. The molecule has 0 saturated carbocycles. The fourth-order valence-corrected chi connectivity index (χ4v) is 1.63. The Balaban J connectivity index is 2.93. The number of rotatable bonds is 4. The number of halogens is 1. The van der Waals surface area contributed by atoms with Crippen LogP contribution in [0.2, 0.25) is 0 Å². The van der Waals surface area contributed by atoms with Gasteiger partial charge in [0.25, 0.3) is 0 Å². The highest BCUT2D eigenvalue weighted by Gasteiger charge is 2.15. The third-order valence-electron chi connectivity index (χ3n) is 2.07. The van der Waals surface area contributed by atoms with Gasteiger partial charge in [0, 0.05) is 4.87 Å². The lowest BCUT2D eigenvalue weighted by molar-refractivity contribution is 0.354. The minimum Gasteiger partial charge on any atom is -0.493 e. The second-order valence-electron chi connectivity index (χ2n) is 4.08. The van der Waals surface area contributed by atoms with Crippen LogP contribution < -0.4 is 9.47 Å². The normalized spacial score (nSPS) is 11.3. The van der Waals surface area contributed by atoms with Crippen LogP contribution in [0.3, 0.4) is 0 Å². The Morgan fingerprint density at radius 1 is 1.13 bits per heavy atom. The number of alkyl halides is 1. The first-order chi connectivity index (χ1) is 6.96. The maximum Gasteiger partial charge on any atom is 0.160 e. The summed E-state index contributed by atoms with van der Waals surface area (Å²) in [6, 6.07) is 5.87. The van der Waals surface area contributed by atoms with Crippen molar-refractivity contribution in [3.63, 3.8) is 0 Å². The van der Waals surface area contributed by atoms with E-state index in [0.29, 0.717) is 0 Å². The fraction of sp³-hybridized carbons (Fsp3) is 0.500. The zero-order valence-electron chi connectivity index (χ0n) is 9.63. The second kappa shape index (κ2) is 4.75. The molecular weight excluding hydrogens is 212 g/mol. The van der Waals surface area contributed by atoms with E-state index >= 15 is 0 Å². The van der Waals surface area contributed by atoms with Gasteiger partial charge in [-0.25, -0.2) is 0 Å². The molecule has 1 aromatic rings. The first-order valence-corrected chi connectivity index (χ1v) is 5.24. The van der Waals surface area contributed by atoms with Crippen LogP contribution in [0.25, 0.3) is 0 Å². The highest BCUT2D eigenvalue weighted by atomic mass is 35.5. The highest BCUT2D eigenvalue weighted by molar-refractivity contribution is 6.23. The number of benzene rings is 1. The molecule has 1 aromatic carbocycles. The Kier molecular flexibility index (Phi) is 3.86. The summed E-state index contributed by atoms with van der Waals surface area (Å²) in [6.07, 6.45) is 0.801. The van der Waals surface area contributed by atoms with E-state index in [1.54, 1.807) is 14.2 Å². The average Bonchev–Trinajstić information content (AvgIpc) is 2.15. The molecular formula is C12H17ClO2. The summed E-state index contributed by atoms with van der Waals surface area (Å²) in [5.41, 5.74) is 1.15. The van der Waals surface area contributed by atoms with Crippen LogP contribution in [-0.4, -0.2) is 19.1 Å². The van der Waals surface area contributed by atoms with Gasteiger partial charge in [0.1, 0.15) is 0 Å². The van der Waals surface area contributed by atoms with Crippen LogP contribution in [0, 0.1) is 0 Å². The molecule has 0 bridgehead atoms. The zero-order chi connectivity index (χ0) is 11.5. The molecule has 0 heterocycles. The van der Waals surface area contributed by atoms with Crippen LogP contribution in [0.15, 0.2) is 18.2 Å². The number of hydrogen-bond acceptors (Lipinski definition) is 2. The fourth-order valence-electron chi connectivity index (χ4n) is 1.48. The van der Waals surface area contributed by atoms with Crippen molar-refractivity contribution in [2.45, 2.75) is 25.1 Å². The lowest BCUT2D eigenvalue weighted by Crippen LogP contribution is -2.13. The topological polar surface area (TPSA) is 18.5 Å². The molecule has 0 amide bonds. The molecule has 0 unspecified atom stereocenters. The van der Waals surface area contributed by atoms with Crippen LogP contribution >= 0.6 is 11.6 Å². The molecule has 3 heteroatoms. The van der Waals surface area contributed by atoms with Crippen LogP contribution in [-0.2, 0) is 6.42 Å². The second-order valence-corrected chi connectivity index (χ2v) is 5.11. The number of methoxy groups -OCH3 is 2. The zero-order valence-corrected chi connectivity index (χ0v) is 10.4. The SMILES string of the molecule is COc1ccc(CC(C)(C)Cl)cc1OC. The van der Waals surface area contributed by atoms with Crippen molar-refractivity contribution in [3.8, 4) is 11.5 Å². The quantitative estimate of drug-likeness (QED) is 0.737. The molecule has 0 radical (unpaired) electrons. The summed E-state index contributed by atoms with van der Waals surface area (Å²) >= 11 is 6.16. The third-order valence-corrected chi connectivity index (χ3v) is 2.21. The average molecular weight is 229 g/mol. The molecule has 0 N–H and O–H groups in total. The van der Waals surface area contributed by atoms with Gasteiger partial charge in [-0.1, -0.05) is 6.07 Å². The lowest BCUT2D eigenvalue weighted by Gasteiger charge is -2.16. The van der Waals surface area contributed by atoms with Crippen molar-refractivity contribution in [1.29, 1.82) is 0 Å². The van der Waals surface area contributed by atoms with E-state index in [9.17, 15) is 0 Å². The first kappa shape index (κ1) is 12.2. The molecule has 0 aliphatic rings. The third kappa shape index (κ3) is 3.63. The van der Waals surface area contributed by atoms with Crippen molar-refractivity contribution in [2.75, 3.05) is 14.2 Å². The number of hydrogen-bond donors (Lipinski definition) is 0. The minimum absolute atomic E-state index is 0.237. The van der Waals surface area contributed by atoms with Gasteiger partial charge in [-0.15, -0.1) is 11.6 Å². The van der Waals surface area contributed by atoms with Crippen molar-refractivity contribution in [1.82, 2.24) is 0 Å². The van der Waals surface area contributed by atoms with E-state index in [2.05, 4.69) is 0 Å². The van der Waals surface area contributed by atoms with Gasteiger partial charge in [0.05, 0.1) is 14.2 Å². The largest absolute Gasteiger partial charge is 0.493 e. The molecule has 0 aromatic heterocycles. The van der Waals surface area contributed by atoms with E-state index in [4.69, 9.17) is 21.1 Å². The maximum atomic E-state index is 6.16. The molecule has 0 spiro atoms. The van der Waals surface area contributed by atoms with E-state index in [-0.39, 0.29) is 4.87 Å². The van der Waals surface area contributed by atoms with Gasteiger partial charge in [-0.3, -0.25) is 0 Å². The minimum atomic E-state index is -0.237. The van der Waals surface area contributed by atoms with Gasteiger partial charge in [0.15, 0.2) is 11.5 Å². The van der Waals surface area contributed by atoms with E-state index in [1.807, 2.05) is 32.0 Å². The van der Waals surface area contributed by atoms with Gasteiger partial charge in [-0.2, -0.15) is 0 Å².